The summed E-state index contributed by atoms with van der Waals surface area (Å²) in [7, 11) is 1.29. The summed E-state index contributed by atoms with van der Waals surface area (Å²) in [6.45, 7) is -0.370. The SMILES string of the molecule is COc1ccc([N+](=O)[O-])c(O)c1C(=O)CN. The normalized spacial score (nSPS) is 9.88. The zero-order valence-electron chi connectivity index (χ0n) is 8.47. The molecule has 1 aromatic carbocycles. The monoisotopic (exact) mass is 226 g/mol. The molecule has 0 saturated heterocycles. The Morgan fingerprint density at radius 1 is 1.62 bits per heavy atom. The fourth-order valence-electron chi connectivity index (χ4n) is 1.25. The fourth-order valence-corrected chi connectivity index (χ4v) is 1.25. The van der Waals surface area contributed by atoms with Crippen LogP contribution in [0.25, 0.3) is 0 Å². The molecule has 0 heterocycles. The summed E-state index contributed by atoms with van der Waals surface area (Å²) in [5, 5.41) is 20.1. The number of ether oxygens (including phenoxy) is 1. The minimum absolute atomic E-state index is 0.0542. The maximum Gasteiger partial charge on any atom is 0.311 e. The molecule has 0 atom stereocenters. The molecule has 86 valence electrons. The number of Topliss-reactive ketones (excluding diaryl/α,β-unsaturated/α-hetero) is 1. The molecular weight excluding hydrogens is 216 g/mol. The fraction of sp³-hybridized carbons (Fsp3) is 0.222. The molecule has 0 radical (unpaired) electrons. The molecule has 0 spiro atoms. The summed E-state index contributed by atoms with van der Waals surface area (Å²) in [6, 6.07) is 2.29. The van der Waals surface area contributed by atoms with Crippen molar-refractivity contribution in [2.24, 2.45) is 5.73 Å². The molecule has 0 aliphatic carbocycles. The number of benzene rings is 1. The lowest BCUT2D eigenvalue weighted by atomic mass is 10.1. The van der Waals surface area contributed by atoms with Gasteiger partial charge in [0.25, 0.3) is 0 Å². The van der Waals surface area contributed by atoms with E-state index in [1.807, 2.05) is 0 Å². The van der Waals surface area contributed by atoms with Crippen LogP contribution >= 0.6 is 0 Å². The van der Waals surface area contributed by atoms with Crippen molar-refractivity contribution in [2.75, 3.05) is 13.7 Å². The number of nitrogens with zero attached hydrogens (tertiary/aromatic N) is 1. The number of phenols is 1. The Morgan fingerprint density at radius 3 is 2.69 bits per heavy atom. The average molecular weight is 226 g/mol. The van der Waals surface area contributed by atoms with E-state index in [4.69, 9.17) is 10.5 Å². The first-order chi connectivity index (χ1) is 7.52. The lowest BCUT2D eigenvalue weighted by Gasteiger charge is -2.08. The van der Waals surface area contributed by atoms with Gasteiger partial charge in [0.15, 0.2) is 5.78 Å². The number of methoxy groups -OCH3 is 1. The number of hydrogen-bond donors (Lipinski definition) is 2. The number of nitrogens with two attached hydrogens (primary N) is 1. The smallest absolute Gasteiger partial charge is 0.311 e. The molecule has 1 rings (SSSR count). The number of rotatable bonds is 4. The van der Waals surface area contributed by atoms with Crippen molar-refractivity contribution < 1.29 is 19.6 Å². The molecule has 0 unspecified atom stereocenters. The number of aromatic hydroxyl groups is 1. The zero-order valence-corrected chi connectivity index (χ0v) is 8.47. The number of carbonyl (C=O) groups is 1. The molecule has 16 heavy (non-hydrogen) atoms. The van der Waals surface area contributed by atoms with Crippen LogP contribution in [0.1, 0.15) is 10.4 Å². The van der Waals surface area contributed by atoms with Gasteiger partial charge in [0, 0.05) is 6.07 Å². The van der Waals surface area contributed by atoms with Crippen LogP contribution in [0.2, 0.25) is 0 Å². The van der Waals surface area contributed by atoms with Crippen LogP contribution in [0.5, 0.6) is 11.5 Å². The molecule has 7 heteroatoms. The van der Waals surface area contributed by atoms with Crippen LogP contribution in [-0.2, 0) is 0 Å². The van der Waals surface area contributed by atoms with E-state index in [1.165, 1.54) is 13.2 Å². The molecule has 7 nitrogen and oxygen atoms in total. The number of carbonyl (C=O) groups excluding carboxylic acids is 1. The highest BCUT2D eigenvalue weighted by atomic mass is 16.6. The van der Waals surface area contributed by atoms with Gasteiger partial charge in [-0.2, -0.15) is 0 Å². The van der Waals surface area contributed by atoms with E-state index in [1.54, 1.807) is 0 Å². The molecule has 0 bridgehead atoms. The van der Waals surface area contributed by atoms with Crippen molar-refractivity contribution in [3.63, 3.8) is 0 Å². The average Bonchev–Trinajstić information content (AvgIpc) is 2.26. The highest BCUT2D eigenvalue weighted by Crippen LogP contribution is 2.36. The standard InChI is InChI=1S/C9H10N2O5/c1-16-7-3-2-5(11(14)15)9(13)8(7)6(12)4-10/h2-3,13H,4,10H2,1H3. The van der Waals surface area contributed by atoms with Gasteiger partial charge < -0.3 is 15.6 Å². The Bertz CT molecular complexity index is 444. The van der Waals surface area contributed by atoms with E-state index in [0.717, 1.165) is 6.07 Å². The van der Waals surface area contributed by atoms with E-state index in [0.29, 0.717) is 0 Å². The van der Waals surface area contributed by atoms with Gasteiger partial charge in [0.2, 0.25) is 5.75 Å². The lowest BCUT2D eigenvalue weighted by Crippen LogP contribution is -2.15. The van der Waals surface area contributed by atoms with Crippen molar-refractivity contribution >= 4 is 11.5 Å². The van der Waals surface area contributed by atoms with Crippen LogP contribution in [-0.4, -0.2) is 29.5 Å². The highest BCUT2D eigenvalue weighted by Gasteiger charge is 2.24. The van der Waals surface area contributed by atoms with Crippen molar-refractivity contribution in [2.45, 2.75) is 0 Å². The molecule has 0 aliphatic heterocycles. The van der Waals surface area contributed by atoms with Crippen LogP contribution in [0.3, 0.4) is 0 Å². The van der Waals surface area contributed by atoms with Crippen molar-refractivity contribution in [1.29, 1.82) is 0 Å². The maximum atomic E-state index is 11.4. The molecule has 0 aromatic heterocycles. The first-order valence-corrected chi connectivity index (χ1v) is 4.30. The number of phenolic OH excluding ortho intramolecular Hbond substituents is 1. The van der Waals surface area contributed by atoms with Crippen molar-refractivity contribution in [1.82, 2.24) is 0 Å². The largest absolute Gasteiger partial charge is 0.501 e. The number of nitro groups is 1. The van der Waals surface area contributed by atoms with Crippen LogP contribution < -0.4 is 10.5 Å². The highest BCUT2D eigenvalue weighted by molar-refractivity contribution is 6.03. The summed E-state index contributed by atoms with van der Waals surface area (Å²) >= 11 is 0. The number of hydrogen-bond acceptors (Lipinski definition) is 6. The third kappa shape index (κ3) is 1.94. The second-order valence-corrected chi connectivity index (χ2v) is 2.89. The third-order valence-corrected chi connectivity index (χ3v) is 2.00. The van der Waals surface area contributed by atoms with Gasteiger partial charge in [0.05, 0.1) is 18.6 Å². The molecular formula is C9H10N2O5. The van der Waals surface area contributed by atoms with Gasteiger partial charge >= 0.3 is 5.69 Å². The van der Waals surface area contributed by atoms with Crippen LogP contribution in [0.4, 0.5) is 5.69 Å². The van der Waals surface area contributed by atoms with E-state index in [2.05, 4.69) is 0 Å². The Hall–Kier alpha value is -2.15. The molecule has 3 N–H and O–H groups in total. The van der Waals surface area contributed by atoms with Gasteiger partial charge in [-0.25, -0.2) is 0 Å². The molecule has 0 amide bonds. The minimum atomic E-state index is -0.790. The summed E-state index contributed by atoms with van der Waals surface area (Å²) in [4.78, 5) is 21.2. The predicted molar refractivity (Wildman–Crippen MR) is 54.7 cm³/mol. The van der Waals surface area contributed by atoms with Gasteiger partial charge in [0.1, 0.15) is 11.3 Å². The van der Waals surface area contributed by atoms with Gasteiger partial charge in [-0.05, 0) is 6.07 Å². The Morgan fingerprint density at radius 2 is 2.25 bits per heavy atom. The van der Waals surface area contributed by atoms with Crippen LogP contribution in [0, 0.1) is 10.1 Å². The maximum absolute atomic E-state index is 11.4. The topological polar surface area (TPSA) is 116 Å². The molecule has 0 fully saturated rings. The van der Waals surface area contributed by atoms with Gasteiger partial charge in [-0.1, -0.05) is 0 Å². The van der Waals surface area contributed by atoms with E-state index >= 15 is 0 Å². The van der Waals surface area contributed by atoms with E-state index < -0.39 is 22.1 Å². The zero-order chi connectivity index (χ0) is 12.3. The van der Waals surface area contributed by atoms with Gasteiger partial charge in [-0.15, -0.1) is 0 Å². The van der Waals surface area contributed by atoms with Gasteiger partial charge in [-0.3, -0.25) is 14.9 Å². The first-order valence-electron chi connectivity index (χ1n) is 4.30. The number of nitro benzene ring substituents is 1. The van der Waals surface area contributed by atoms with Crippen LogP contribution in [0.15, 0.2) is 12.1 Å². The molecule has 0 aliphatic rings. The van der Waals surface area contributed by atoms with Crippen molar-refractivity contribution in [3.05, 3.63) is 27.8 Å². The summed E-state index contributed by atoms with van der Waals surface area (Å²) in [5.41, 5.74) is 4.31. The predicted octanol–water partition coefficient (Wildman–Crippen LogP) is 0.450. The molecule has 0 saturated carbocycles. The quantitative estimate of drug-likeness (QED) is 0.437. The van der Waals surface area contributed by atoms with Crippen molar-refractivity contribution in [3.8, 4) is 11.5 Å². The lowest BCUT2D eigenvalue weighted by molar-refractivity contribution is -0.385. The van der Waals surface area contributed by atoms with E-state index in [-0.39, 0.29) is 17.9 Å². The summed E-state index contributed by atoms with van der Waals surface area (Å²) in [6.07, 6.45) is 0. The Labute approximate surface area is 90.6 Å². The Balaban J connectivity index is 3.46. The summed E-state index contributed by atoms with van der Waals surface area (Å²) < 4.78 is 4.82. The minimum Gasteiger partial charge on any atom is -0.501 e. The number of ketones is 1. The Kier molecular flexibility index (Phi) is 3.41. The molecule has 1 aromatic rings. The first kappa shape index (κ1) is 11.9. The second-order valence-electron chi connectivity index (χ2n) is 2.89. The second kappa shape index (κ2) is 4.58. The summed E-state index contributed by atoms with van der Waals surface area (Å²) in [5.74, 6) is -1.29. The third-order valence-electron chi connectivity index (χ3n) is 2.00. The van der Waals surface area contributed by atoms with E-state index in [9.17, 15) is 20.0 Å².